The van der Waals surface area contributed by atoms with Gasteiger partial charge in [0.25, 0.3) is 0 Å². The molecule has 0 aromatic heterocycles. The summed E-state index contributed by atoms with van der Waals surface area (Å²) in [5.74, 6) is 0. The van der Waals surface area contributed by atoms with E-state index in [1.54, 1.807) is 0 Å². The van der Waals surface area contributed by atoms with Crippen LogP contribution in [-0.4, -0.2) is 20.3 Å². The fourth-order valence-electron chi connectivity index (χ4n) is 2.29. The van der Waals surface area contributed by atoms with E-state index in [1.165, 1.54) is 5.56 Å². The van der Waals surface area contributed by atoms with Crippen molar-refractivity contribution in [2.24, 2.45) is 5.41 Å². The average Bonchev–Trinajstić information content (AvgIpc) is 2.15. The van der Waals surface area contributed by atoms with E-state index in [4.69, 9.17) is 4.74 Å². The van der Waals surface area contributed by atoms with Crippen molar-refractivity contribution in [2.45, 2.75) is 26.2 Å². The molecule has 1 aliphatic rings. The normalized spacial score (nSPS) is 19.0. The number of hydrogen-bond donors (Lipinski definition) is 1. The van der Waals surface area contributed by atoms with Crippen LogP contribution in [0.4, 0.5) is 5.69 Å². The van der Waals surface area contributed by atoms with E-state index in [0.29, 0.717) is 0 Å². The summed E-state index contributed by atoms with van der Waals surface area (Å²) in [6.45, 7) is 8.56. The minimum atomic E-state index is 0.194. The molecule has 0 amide bonds. The Kier molecular flexibility index (Phi) is 2.70. The highest BCUT2D eigenvalue weighted by molar-refractivity contribution is 5.46. The Morgan fingerprint density at radius 1 is 1.12 bits per heavy atom. The maximum atomic E-state index is 5.46. The second-order valence-corrected chi connectivity index (χ2v) is 5.65. The maximum absolute atomic E-state index is 5.46. The van der Waals surface area contributed by atoms with Gasteiger partial charge in [-0.2, -0.15) is 0 Å². The maximum Gasteiger partial charge on any atom is 0.0590 e. The molecule has 88 valence electrons. The number of nitrogens with one attached hydrogen (secondary N) is 1. The summed E-state index contributed by atoms with van der Waals surface area (Å²) in [4.78, 5) is 0. The van der Waals surface area contributed by atoms with Crippen LogP contribution < -0.4 is 5.32 Å². The molecule has 0 atom stereocenters. The van der Waals surface area contributed by atoms with Crippen molar-refractivity contribution in [3.05, 3.63) is 29.8 Å². The van der Waals surface area contributed by atoms with Gasteiger partial charge in [0.05, 0.1) is 13.2 Å². The lowest BCUT2D eigenvalue weighted by molar-refractivity contribution is -0.113. The third kappa shape index (κ3) is 1.61. The zero-order valence-corrected chi connectivity index (χ0v) is 10.6. The quantitative estimate of drug-likeness (QED) is 0.825. The predicted molar refractivity (Wildman–Crippen MR) is 67.9 cm³/mol. The molecule has 0 radical (unpaired) electrons. The van der Waals surface area contributed by atoms with Gasteiger partial charge in [0, 0.05) is 18.2 Å². The number of hydrogen-bond acceptors (Lipinski definition) is 2. The topological polar surface area (TPSA) is 21.3 Å². The summed E-state index contributed by atoms with van der Waals surface area (Å²) in [6.07, 6.45) is 0. The second-order valence-electron chi connectivity index (χ2n) is 5.65. The van der Waals surface area contributed by atoms with E-state index in [2.05, 4.69) is 50.4 Å². The molecule has 16 heavy (non-hydrogen) atoms. The number of rotatable bonds is 2. The van der Waals surface area contributed by atoms with E-state index >= 15 is 0 Å². The highest BCUT2D eigenvalue weighted by atomic mass is 16.5. The first-order chi connectivity index (χ1) is 7.49. The first kappa shape index (κ1) is 11.5. The molecule has 1 aromatic carbocycles. The fraction of sp³-hybridized carbons (Fsp3) is 0.571. The van der Waals surface area contributed by atoms with Crippen molar-refractivity contribution in [1.82, 2.24) is 0 Å². The minimum Gasteiger partial charge on any atom is -0.388 e. The van der Waals surface area contributed by atoms with Crippen molar-refractivity contribution >= 4 is 5.69 Å². The van der Waals surface area contributed by atoms with E-state index in [9.17, 15) is 0 Å². The van der Waals surface area contributed by atoms with Gasteiger partial charge in [0.15, 0.2) is 0 Å². The highest BCUT2D eigenvalue weighted by Gasteiger charge is 2.49. The Hall–Kier alpha value is -1.02. The van der Waals surface area contributed by atoms with Crippen LogP contribution in [0, 0.1) is 5.41 Å². The highest BCUT2D eigenvalue weighted by Crippen LogP contribution is 2.47. The van der Waals surface area contributed by atoms with Gasteiger partial charge < -0.3 is 10.1 Å². The van der Waals surface area contributed by atoms with Crippen LogP contribution in [0.5, 0.6) is 0 Å². The van der Waals surface area contributed by atoms with Crippen molar-refractivity contribution in [3.63, 3.8) is 0 Å². The number of benzene rings is 1. The summed E-state index contributed by atoms with van der Waals surface area (Å²) in [7, 11) is 1.95. The van der Waals surface area contributed by atoms with Crippen LogP contribution >= 0.6 is 0 Å². The minimum absolute atomic E-state index is 0.194. The molecular formula is C14H21NO. The molecule has 1 saturated heterocycles. The molecule has 0 aliphatic carbocycles. The summed E-state index contributed by atoms with van der Waals surface area (Å²) in [6, 6.07) is 8.72. The van der Waals surface area contributed by atoms with Crippen LogP contribution in [0.3, 0.4) is 0 Å². The molecule has 0 unspecified atom stereocenters. The molecule has 0 spiro atoms. The molecular weight excluding hydrogens is 198 g/mol. The van der Waals surface area contributed by atoms with Gasteiger partial charge in [-0.25, -0.2) is 0 Å². The van der Waals surface area contributed by atoms with Gasteiger partial charge >= 0.3 is 0 Å². The van der Waals surface area contributed by atoms with E-state index in [-0.39, 0.29) is 10.8 Å². The average molecular weight is 219 g/mol. The summed E-state index contributed by atoms with van der Waals surface area (Å²) in [5, 5.41) is 3.15. The number of ether oxygens (including phenoxy) is 1. The summed E-state index contributed by atoms with van der Waals surface area (Å²) >= 11 is 0. The van der Waals surface area contributed by atoms with Gasteiger partial charge in [-0.15, -0.1) is 0 Å². The molecule has 0 saturated carbocycles. The van der Waals surface area contributed by atoms with Gasteiger partial charge in [-0.05, 0) is 23.1 Å². The summed E-state index contributed by atoms with van der Waals surface area (Å²) in [5.41, 5.74) is 2.99. The zero-order valence-electron chi connectivity index (χ0n) is 10.6. The van der Waals surface area contributed by atoms with Crippen molar-refractivity contribution in [2.75, 3.05) is 25.6 Å². The predicted octanol–water partition coefficient (Wildman–Crippen LogP) is 3.04. The fourth-order valence-corrected chi connectivity index (χ4v) is 2.29. The Morgan fingerprint density at radius 2 is 1.69 bits per heavy atom. The SMILES string of the molecule is CNc1ccc(C2(C(C)(C)C)COC2)cc1. The van der Waals surface area contributed by atoms with E-state index in [0.717, 1.165) is 18.9 Å². The van der Waals surface area contributed by atoms with Crippen molar-refractivity contribution in [3.8, 4) is 0 Å². The molecule has 1 aliphatic heterocycles. The number of anilines is 1. The zero-order chi connectivity index (χ0) is 11.8. The Bertz CT molecular complexity index is 357. The lowest BCUT2D eigenvalue weighted by atomic mass is 9.61. The first-order valence-electron chi connectivity index (χ1n) is 5.86. The Balaban J connectivity index is 2.34. The molecule has 0 bridgehead atoms. The third-order valence-corrected chi connectivity index (χ3v) is 3.86. The molecule has 2 heteroatoms. The van der Waals surface area contributed by atoms with Gasteiger partial charge in [-0.3, -0.25) is 0 Å². The van der Waals surface area contributed by atoms with E-state index in [1.807, 2.05) is 7.05 Å². The van der Waals surface area contributed by atoms with E-state index < -0.39 is 0 Å². The van der Waals surface area contributed by atoms with Crippen LogP contribution in [-0.2, 0) is 10.2 Å². The first-order valence-corrected chi connectivity index (χ1v) is 5.86. The van der Waals surface area contributed by atoms with Crippen molar-refractivity contribution in [1.29, 1.82) is 0 Å². The van der Waals surface area contributed by atoms with Gasteiger partial charge in [-0.1, -0.05) is 32.9 Å². The molecule has 1 fully saturated rings. The standard InChI is InChI=1S/C14H21NO/c1-13(2,3)14(9-16-10-14)11-5-7-12(15-4)8-6-11/h5-8,15H,9-10H2,1-4H3. The van der Waals surface area contributed by atoms with Crippen LogP contribution in [0.25, 0.3) is 0 Å². The lowest BCUT2D eigenvalue weighted by Gasteiger charge is -2.51. The van der Waals surface area contributed by atoms with Crippen LogP contribution in [0.1, 0.15) is 26.3 Å². The monoisotopic (exact) mass is 219 g/mol. The lowest BCUT2D eigenvalue weighted by Crippen LogP contribution is -2.55. The van der Waals surface area contributed by atoms with Gasteiger partial charge in [0.1, 0.15) is 0 Å². The summed E-state index contributed by atoms with van der Waals surface area (Å²) < 4.78 is 5.46. The van der Waals surface area contributed by atoms with Crippen LogP contribution in [0.2, 0.25) is 0 Å². The van der Waals surface area contributed by atoms with Crippen molar-refractivity contribution < 1.29 is 4.74 Å². The van der Waals surface area contributed by atoms with Crippen LogP contribution in [0.15, 0.2) is 24.3 Å². The largest absolute Gasteiger partial charge is 0.388 e. The van der Waals surface area contributed by atoms with Gasteiger partial charge in [0.2, 0.25) is 0 Å². The Labute approximate surface area is 98.0 Å². The molecule has 2 nitrogen and oxygen atoms in total. The molecule has 1 aromatic rings. The molecule has 2 rings (SSSR count). The molecule has 1 heterocycles. The third-order valence-electron chi connectivity index (χ3n) is 3.86. The Morgan fingerprint density at radius 3 is 2.00 bits per heavy atom. The second kappa shape index (κ2) is 3.77. The molecule has 1 N–H and O–H groups in total. The smallest absolute Gasteiger partial charge is 0.0590 e.